The zero-order valence-electron chi connectivity index (χ0n) is 27.3. The van der Waals surface area contributed by atoms with Crippen LogP contribution in [0.1, 0.15) is 87.5 Å². The molecule has 0 spiro atoms. The molecule has 6 heterocycles. The summed E-state index contributed by atoms with van der Waals surface area (Å²) < 4.78 is 8.13. The molecule has 1 N–H and O–H groups in total. The molecule has 12 nitrogen and oxygen atoms in total. The highest BCUT2D eigenvalue weighted by atomic mass is 28.4. The van der Waals surface area contributed by atoms with Crippen LogP contribution in [-0.4, -0.2) is 85.5 Å². The molecule has 3 amide bonds. The van der Waals surface area contributed by atoms with Crippen LogP contribution in [0.3, 0.4) is 0 Å². The zero-order valence-corrected chi connectivity index (χ0v) is 28.3. The van der Waals surface area contributed by atoms with Crippen molar-refractivity contribution in [2.75, 3.05) is 18.5 Å². The maximum atomic E-state index is 13.5. The summed E-state index contributed by atoms with van der Waals surface area (Å²) in [6.07, 6.45) is 8.16. The summed E-state index contributed by atoms with van der Waals surface area (Å²) in [6, 6.07) is 7.95. The molecule has 2 saturated heterocycles. The maximum Gasteiger partial charge on any atom is 0.320 e. The fourth-order valence-corrected chi connectivity index (χ4v) is 7.49. The topological polar surface area (TPSA) is 131 Å². The van der Waals surface area contributed by atoms with Crippen LogP contribution in [0.25, 0.3) is 11.5 Å². The highest BCUT2D eigenvalue weighted by Crippen LogP contribution is 2.38. The molecule has 0 aliphatic carbocycles. The lowest BCUT2D eigenvalue weighted by molar-refractivity contribution is 0.102. The molecular weight excluding hydrogens is 586 g/mol. The van der Waals surface area contributed by atoms with Gasteiger partial charge in [0.1, 0.15) is 17.2 Å². The van der Waals surface area contributed by atoms with Gasteiger partial charge in [-0.25, -0.2) is 14.5 Å². The second-order valence-corrected chi connectivity index (χ2v) is 19.1. The van der Waals surface area contributed by atoms with Crippen LogP contribution in [0.5, 0.6) is 0 Å². The van der Waals surface area contributed by atoms with Gasteiger partial charge in [0.2, 0.25) is 5.82 Å². The van der Waals surface area contributed by atoms with Gasteiger partial charge in [-0.15, -0.1) is 5.10 Å². The summed E-state index contributed by atoms with van der Waals surface area (Å²) in [7, 11) is -1.94. The van der Waals surface area contributed by atoms with E-state index in [0.717, 1.165) is 43.2 Å². The van der Waals surface area contributed by atoms with Gasteiger partial charge in [-0.05, 0) is 103 Å². The number of hydrogen-bond donors (Lipinski definition) is 1. The van der Waals surface area contributed by atoms with Gasteiger partial charge in [0.15, 0.2) is 8.32 Å². The minimum atomic E-state index is -1.94. The number of fused-ring (bicyclic) bond motifs is 3. The fourth-order valence-electron chi connectivity index (χ4n) is 6.40. The van der Waals surface area contributed by atoms with E-state index in [1.165, 1.54) is 6.42 Å². The summed E-state index contributed by atoms with van der Waals surface area (Å²) >= 11 is 0. The molecule has 3 aliphatic heterocycles. The number of aromatic nitrogens is 6. The normalized spacial score (nSPS) is 20.6. The molecular formula is C32H45N9O3Si. The number of anilines is 1. The number of urea groups is 1. The van der Waals surface area contributed by atoms with Crippen LogP contribution >= 0.6 is 0 Å². The van der Waals surface area contributed by atoms with Crippen LogP contribution in [0.15, 0.2) is 30.5 Å². The molecule has 13 heteroatoms. The van der Waals surface area contributed by atoms with Crippen molar-refractivity contribution in [3.05, 3.63) is 47.3 Å². The summed E-state index contributed by atoms with van der Waals surface area (Å²) in [5.41, 5.74) is 2.87. The molecule has 0 radical (unpaired) electrons. The summed E-state index contributed by atoms with van der Waals surface area (Å²) in [5.74, 6) is 0.501. The van der Waals surface area contributed by atoms with Crippen molar-refractivity contribution in [2.24, 2.45) is 0 Å². The second-order valence-electron chi connectivity index (χ2n) is 14.2. The van der Waals surface area contributed by atoms with Gasteiger partial charge in [0, 0.05) is 31.4 Å². The van der Waals surface area contributed by atoms with Crippen LogP contribution in [-0.2, 0) is 17.4 Å². The van der Waals surface area contributed by atoms with E-state index in [2.05, 4.69) is 69.6 Å². The SMILES string of the molecule is C[C@H](CO[Si](C)(C)C(C)(C)C)n1nnnc1-c1cccc(NC(=O)c2cc3c(cn2)CCN(C(=O)N2C4CCCC2CC4)C3)n1. The van der Waals surface area contributed by atoms with E-state index in [4.69, 9.17) is 4.43 Å². The van der Waals surface area contributed by atoms with E-state index in [0.29, 0.717) is 49.1 Å². The van der Waals surface area contributed by atoms with Gasteiger partial charge in [-0.1, -0.05) is 26.8 Å². The molecule has 2 unspecified atom stereocenters. The van der Waals surface area contributed by atoms with Crippen LogP contribution in [0.4, 0.5) is 10.6 Å². The Labute approximate surface area is 266 Å². The first-order chi connectivity index (χ1) is 21.4. The third-order valence-corrected chi connectivity index (χ3v) is 14.6. The van der Waals surface area contributed by atoms with Gasteiger partial charge in [-0.2, -0.15) is 0 Å². The molecule has 0 saturated carbocycles. The van der Waals surface area contributed by atoms with Gasteiger partial charge in [0.05, 0.1) is 12.6 Å². The molecule has 2 fully saturated rings. The van der Waals surface area contributed by atoms with E-state index >= 15 is 0 Å². The number of hydrogen-bond acceptors (Lipinski definition) is 8. The first-order valence-electron chi connectivity index (χ1n) is 16.2. The van der Waals surface area contributed by atoms with E-state index < -0.39 is 8.32 Å². The minimum absolute atomic E-state index is 0.0980. The number of amides is 3. The van der Waals surface area contributed by atoms with Crippen molar-refractivity contribution in [1.82, 2.24) is 40.0 Å². The fraction of sp³-hybridized carbons (Fsp3) is 0.594. The van der Waals surface area contributed by atoms with Crippen LogP contribution < -0.4 is 5.32 Å². The second kappa shape index (κ2) is 12.2. The lowest BCUT2D eigenvalue weighted by Gasteiger charge is -2.40. The number of piperidine rings is 1. The van der Waals surface area contributed by atoms with Gasteiger partial charge >= 0.3 is 6.03 Å². The number of carbonyl (C=O) groups excluding carboxylic acids is 2. The number of rotatable bonds is 7. The van der Waals surface area contributed by atoms with Crippen LogP contribution in [0.2, 0.25) is 18.1 Å². The van der Waals surface area contributed by atoms with Gasteiger partial charge in [-0.3, -0.25) is 9.78 Å². The predicted molar refractivity (Wildman–Crippen MR) is 173 cm³/mol. The monoisotopic (exact) mass is 631 g/mol. The minimum Gasteiger partial charge on any atom is -0.415 e. The Morgan fingerprint density at radius 3 is 2.60 bits per heavy atom. The quantitative estimate of drug-likeness (QED) is 0.340. The smallest absolute Gasteiger partial charge is 0.320 e. The molecule has 3 aliphatic rings. The lowest BCUT2D eigenvalue weighted by atomic mass is 10.00. The molecule has 240 valence electrons. The molecule has 2 bridgehead atoms. The third-order valence-electron chi connectivity index (χ3n) is 10.1. The van der Waals surface area contributed by atoms with E-state index in [9.17, 15) is 9.59 Å². The first-order valence-corrected chi connectivity index (χ1v) is 19.1. The van der Waals surface area contributed by atoms with Crippen molar-refractivity contribution >= 4 is 26.1 Å². The van der Waals surface area contributed by atoms with Gasteiger partial charge in [0.25, 0.3) is 5.91 Å². The van der Waals surface area contributed by atoms with Crippen molar-refractivity contribution in [3.8, 4) is 11.5 Å². The molecule has 45 heavy (non-hydrogen) atoms. The maximum absolute atomic E-state index is 13.5. The third kappa shape index (κ3) is 6.37. The van der Waals surface area contributed by atoms with Crippen molar-refractivity contribution < 1.29 is 14.0 Å². The van der Waals surface area contributed by atoms with E-state index in [1.54, 1.807) is 16.9 Å². The average molecular weight is 632 g/mol. The molecule has 6 rings (SSSR count). The largest absolute Gasteiger partial charge is 0.415 e. The standard InChI is InChI=1S/C32H45N9O3Si/c1-21(20-44-45(5,6)32(2,3)4)41-29(36-37-38-41)26-11-8-12-28(34-26)35-30(42)27-17-23-19-39(16-15-22(23)18-33-27)31(43)40-24-9-7-10-25(40)14-13-24/h8,11-12,17-18,21,24-25H,7,9-10,13-16,19-20H2,1-6H3,(H,34,35,42)/t21-,24?,25?/m1/s1. The molecule has 0 aromatic carbocycles. The summed E-state index contributed by atoms with van der Waals surface area (Å²) in [6.45, 7) is 14.7. The van der Waals surface area contributed by atoms with Crippen molar-refractivity contribution in [2.45, 2.75) is 109 Å². The highest BCUT2D eigenvalue weighted by Gasteiger charge is 2.42. The van der Waals surface area contributed by atoms with E-state index in [-0.39, 0.29) is 28.7 Å². The highest BCUT2D eigenvalue weighted by molar-refractivity contribution is 6.74. The number of pyridine rings is 2. The Bertz CT molecular complexity index is 1550. The zero-order chi connectivity index (χ0) is 31.9. The number of tetrazole rings is 1. The van der Waals surface area contributed by atoms with Crippen LogP contribution in [0, 0.1) is 0 Å². The molecule has 3 atom stereocenters. The Kier molecular flexibility index (Phi) is 8.50. The van der Waals surface area contributed by atoms with E-state index in [1.807, 2.05) is 30.0 Å². The summed E-state index contributed by atoms with van der Waals surface area (Å²) in [4.78, 5) is 40.0. The molecule has 3 aromatic rings. The average Bonchev–Trinajstić information content (AvgIpc) is 3.60. The van der Waals surface area contributed by atoms with Crippen molar-refractivity contribution in [1.29, 1.82) is 0 Å². The number of nitrogens with one attached hydrogen (secondary N) is 1. The Morgan fingerprint density at radius 2 is 1.87 bits per heavy atom. The van der Waals surface area contributed by atoms with Gasteiger partial charge < -0.3 is 19.5 Å². The predicted octanol–water partition coefficient (Wildman–Crippen LogP) is 5.46. The Hall–Kier alpha value is -3.71. The lowest BCUT2D eigenvalue weighted by Crippen LogP contribution is -2.51. The molecule has 3 aromatic heterocycles. The Morgan fingerprint density at radius 1 is 1.11 bits per heavy atom. The van der Waals surface area contributed by atoms with Crippen molar-refractivity contribution in [3.63, 3.8) is 0 Å². The summed E-state index contributed by atoms with van der Waals surface area (Å²) in [5, 5.41) is 15.3. The first kappa shape index (κ1) is 31.3. The Balaban J connectivity index is 1.12. The number of nitrogens with zero attached hydrogens (tertiary/aromatic N) is 8. The number of carbonyl (C=O) groups is 2.